The van der Waals surface area contributed by atoms with Gasteiger partial charge in [-0.1, -0.05) is 23.8 Å². The minimum atomic E-state index is -0.446. The van der Waals surface area contributed by atoms with Crippen LogP contribution in [0.3, 0.4) is 0 Å². The maximum atomic E-state index is 12.7. The molecule has 0 saturated heterocycles. The molecule has 0 spiro atoms. The predicted octanol–water partition coefficient (Wildman–Crippen LogP) is 3.56. The molecule has 4 aromatic rings. The van der Waals surface area contributed by atoms with Crippen LogP contribution in [0.15, 0.2) is 53.6 Å². The first-order valence-electron chi connectivity index (χ1n) is 9.87. The van der Waals surface area contributed by atoms with E-state index in [2.05, 4.69) is 15.4 Å². The van der Waals surface area contributed by atoms with E-state index in [1.165, 1.54) is 16.8 Å². The Labute approximate surface area is 179 Å². The van der Waals surface area contributed by atoms with Crippen LogP contribution in [-0.4, -0.2) is 25.1 Å². The first-order valence-corrected chi connectivity index (χ1v) is 9.87. The van der Waals surface area contributed by atoms with E-state index in [-0.39, 0.29) is 24.0 Å². The van der Waals surface area contributed by atoms with Crippen molar-refractivity contribution in [3.05, 3.63) is 81.5 Å². The fourth-order valence-corrected chi connectivity index (χ4v) is 3.48. The van der Waals surface area contributed by atoms with E-state index < -0.39 is 5.69 Å². The molecule has 0 fully saturated rings. The van der Waals surface area contributed by atoms with Crippen LogP contribution in [0.4, 0.5) is 5.69 Å². The van der Waals surface area contributed by atoms with Gasteiger partial charge in [0.25, 0.3) is 5.88 Å². The minimum Gasteiger partial charge on any atom is -0.436 e. The molecule has 2 heterocycles. The number of rotatable bonds is 5. The normalized spacial score (nSPS) is 11.0. The van der Waals surface area contributed by atoms with Crippen molar-refractivity contribution in [3.8, 4) is 11.6 Å². The average Bonchev–Trinajstić information content (AvgIpc) is 3.00. The summed E-state index contributed by atoms with van der Waals surface area (Å²) in [5.74, 6) is 0.452. The van der Waals surface area contributed by atoms with Crippen LogP contribution in [-0.2, 0) is 11.3 Å². The highest BCUT2D eigenvalue weighted by atomic mass is 16.5. The fraction of sp³-hybridized carbons (Fsp3) is 0.217. The molecule has 158 valence electrons. The van der Waals surface area contributed by atoms with Crippen LogP contribution in [0.25, 0.3) is 5.65 Å². The Morgan fingerprint density at radius 1 is 1.03 bits per heavy atom. The van der Waals surface area contributed by atoms with Crippen LogP contribution < -0.4 is 15.7 Å². The number of aryl methyl sites for hydroxylation is 4. The molecule has 8 heteroatoms. The Kier molecular flexibility index (Phi) is 5.29. The van der Waals surface area contributed by atoms with Gasteiger partial charge in [0.1, 0.15) is 12.3 Å². The average molecular weight is 417 g/mol. The molecule has 0 radical (unpaired) electrons. The number of aromatic nitrogens is 4. The van der Waals surface area contributed by atoms with E-state index in [1.54, 1.807) is 0 Å². The molecular weight excluding hydrogens is 394 g/mol. The number of hydrogen-bond donors (Lipinski definition) is 1. The van der Waals surface area contributed by atoms with Crippen molar-refractivity contribution in [1.82, 2.24) is 19.2 Å². The van der Waals surface area contributed by atoms with Gasteiger partial charge in [-0.15, -0.1) is 5.10 Å². The number of hydrogen-bond acceptors (Lipinski definition) is 5. The van der Waals surface area contributed by atoms with Gasteiger partial charge in [-0.25, -0.2) is 18.9 Å². The van der Waals surface area contributed by atoms with Crippen molar-refractivity contribution < 1.29 is 9.53 Å². The number of nitrogens with one attached hydrogen (secondary N) is 1. The zero-order valence-corrected chi connectivity index (χ0v) is 17.8. The van der Waals surface area contributed by atoms with Gasteiger partial charge in [0.15, 0.2) is 0 Å². The maximum absolute atomic E-state index is 12.7. The SMILES string of the molecule is Cc1cc(C)cc(Oc2nccn3c(=O)n(CC(=O)Nc4ccc(C)cc4C)nc23)c1. The summed E-state index contributed by atoms with van der Waals surface area (Å²) < 4.78 is 8.32. The number of anilines is 1. The highest BCUT2D eigenvalue weighted by molar-refractivity contribution is 5.91. The number of fused-ring (bicyclic) bond motifs is 1. The number of carbonyl (C=O) groups excluding carboxylic acids is 1. The summed E-state index contributed by atoms with van der Waals surface area (Å²) in [6.07, 6.45) is 2.96. The highest BCUT2D eigenvalue weighted by Gasteiger charge is 2.16. The molecule has 31 heavy (non-hydrogen) atoms. The molecule has 0 aliphatic rings. The Hall–Kier alpha value is -3.94. The molecule has 4 rings (SSSR count). The predicted molar refractivity (Wildman–Crippen MR) is 118 cm³/mol. The third-order valence-electron chi connectivity index (χ3n) is 4.83. The van der Waals surface area contributed by atoms with Gasteiger partial charge in [-0.05, 0) is 62.6 Å². The number of nitrogens with zero attached hydrogens (tertiary/aromatic N) is 4. The number of ether oxygens (including phenoxy) is 1. The van der Waals surface area contributed by atoms with Crippen molar-refractivity contribution in [2.75, 3.05) is 5.32 Å². The molecule has 0 aliphatic carbocycles. The van der Waals surface area contributed by atoms with Gasteiger partial charge < -0.3 is 10.1 Å². The molecule has 0 bridgehead atoms. The van der Waals surface area contributed by atoms with Crippen LogP contribution in [0.2, 0.25) is 0 Å². The molecule has 0 saturated carbocycles. The monoisotopic (exact) mass is 417 g/mol. The molecule has 2 aromatic heterocycles. The minimum absolute atomic E-state index is 0.193. The first-order chi connectivity index (χ1) is 14.8. The van der Waals surface area contributed by atoms with Gasteiger partial charge in [0.05, 0.1) is 0 Å². The molecular formula is C23H23N5O3. The number of amides is 1. The van der Waals surface area contributed by atoms with Crippen LogP contribution >= 0.6 is 0 Å². The van der Waals surface area contributed by atoms with Crippen LogP contribution in [0, 0.1) is 27.7 Å². The van der Waals surface area contributed by atoms with Crippen molar-refractivity contribution >= 4 is 17.2 Å². The lowest BCUT2D eigenvalue weighted by Crippen LogP contribution is -2.28. The topological polar surface area (TPSA) is 90.5 Å². The van der Waals surface area contributed by atoms with Gasteiger partial charge in [-0.3, -0.25) is 4.79 Å². The van der Waals surface area contributed by atoms with Gasteiger partial charge in [0, 0.05) is 18.1 Å². The van der Waals surface area contributed by atoms with E-state index in [1.807, 2.05) is 64.1 Å². The highest BCUT2D eigenvalue weighted by Crippen LogP contribution is 2.24. The standard InChI is InChI=1S/C23H23N5O3/c1-14-5-6-19(17(4)10-14)25-20(29)13-28-23(30)27-8-7-24-22(21(27)26-28)31-18-11-15(2)9-16(3)12-18/h5-12H,13H2,1-4H3,(H,25,29). The number of benzene rings is 2. The molecule has 0 aliphatic heterocycles. The van der Waals surface area contributed by atoms with Crippen molar-refractivity contribution in [1.29, 1.82) is 0 Å². The second-order valence-electron chi connectivity index (χ2n) is 7.66. The summed E-state index contributed by atoms with van der Waals surface area (Å²) in [7, 11) is 0. The van der Waals surface area contributed by atoms with E-state index in [0.717, 1.165) is 26.9 Å². The third kappa shape index (κ3) is 4.32. The Balaban J connectivity index is 1.61. The molecule has 2 aromatic carbocycles. The van der Waals surface area contributed by atoms with Gasteiger partial charge in [-0.2, -0.15) is 0 Å². The van der Waals surface area contributed by atoms with Crippen LogP contribution in [0.5, 0.6) is 11.6 Å². The zero-order chi connectivity index (χ0) is 22.1. The van der Waals surface area contributed by atoms with E-state index in [4.69, 9.17) is 4.74 Å². The Bertz CT molecular complexity index is 1330. The summed E-state index contributed by atoms with van der Waals surface area (Å²) in [5, 5.41) is 7.12. The van der Waals surface area contributed by atoms with Gasteiger partial charge in [0.2, 0.25) is 11.6 Å². The van der Waals surface area contributed by atoms with Crippen molar-refractivity contribution in [2.45, 2.75) is 34.2 Å². The molecule has 1 N–H and O–H groups in total. The second-order valence-corrected chi connectivity index (χ2v) is 7.66. The summed E-state index contributed by atoms with van der Waals surface area (Å²) in [4.78, 5) is 29.5. The third-order valence-corrected chi connectivity index (χ3v) is 4.83. The molecule has 0 atom stereocenters. The van der Waals surface area contributed by atoms with Crippen molar-refractivity contribution in [2.24, 2.45) is 0 Å². The quantitative estimate of drug-likeness (QED) is 0.536. The summed E-state index contributed by atoms with van der Waals surface area (Å²) >= 11 is 0. The smallest absolute Gasteiger partial charge is 0.351 e. The van der Waals surface area contributed by atoms with Gasteiger partial charge >= 0.3 is 5.69 Å². The summed E-state index contributed by atoms with van der Waals surface area (Å²) in [5.41, 5.74) is 4.65. The second kappa shape index (κ2) is 8.06. The lowest BCUT2D eigenvalue weighted by Gasteiger charge is -2.08. The largest absolute Gasteiger partial charge is 0.436 e. The zero-order valence-electron chi connectivity index (χ0n) is 17.8. The van der Waals surface area contributed by atoms with Crippen LogP contribution in [0.1, 0.15) is 22.3 Å². The lowest BCUT2D eigenvalue weighted by atomic mass is 10.1. The molecule has 1 amide bonds. The maximum Gasteiger partial charge on any atom is 0.351 e. The lowest BCUT2D eigenvalue weighted by molar-refractivity contribution is -0.117. The van der Waals surface area contributed by atoms with E-state index in [9.17, 15) is 9.59 Å². The molecule has 0 unspecified atom stereocenters. The van der Waals surface area contributed by atoms with E-state index >= 15 is 0 Å². The Morgan fingerprint density at radius 3 is 2.48 bits per heavy atom. The first kappa shape index (κ1) is 20.3. The fourth-order valence-electron chi connectivity index (χ4n) is 3.48. The summed E-state index contributed by atoms with van der Waals surface area (Å²) in [6, 6.07) is 11.5. The molecule has 8 nitrogen and oxygen atoms in total. The summed E-state index contributed by atoms with van der Waals surface area (Å²) in [6.45, 7) is 7.63. The van der Waals surface area contributed by atoms with Crippen molar-refractivity contribution in [3.63, 3.8) is 0 Å². The Morgan fingerprint density at radius 2 is 1.77 bits per heavy atom. The van der Waals surface area contributed by atoms with E-state index in [0.29, 0.717) is 11.4 Å². The number of carbonyl (C=O) groups is 1.